The number of amides is 2. The minimum Gasteiger partial charge on any atom is -0.379 e. The van der Waals surface area contributed by atoms with E-state index in [1.54, 1.807) is 37.3 Å². The first-order valence-corrected chi connectivity index (χ1v) is 16.6. The van der Waals surface area contributed by atoms with E-state index >= 15 is 0 Å². The molecule has 1 aromatic rings. The second-order valence-corrected chi connectivity index (χ2v) is 13.2. The molecule has 12 nitrogen and oxygen atoms in total. The summed E-state index contributed by atoms with van der Waals surface area (Å²) < 4.78 is 71.7. The van der Waals surface area contributed by atoms with E-state index in [0.29, 0.717) is 31.9 Å². The molecular weight excluding hydrogens is 670 g/mol. The highest BCUT2D eigenvalue weighted by molar-refractivity contribution is 5.98. The van der Waals surface area contributed by atoms with E-state index in [2.05, 4.69) is 20.1 Å². The van der Waals surface area contributed by atoms with Gasteiger partial charge < -0.3 is 29.6 Å². The number of rotatable bonds is 23. The Bertz CT molecular complexity index is 1280. The van der Waals surface area contributed by atoms with Crippen molar-refractivity contribution in [3.8, 4) is 0 Å². The van der Waals surface area contributed by atoms with Gasteiger partial charge in [0.15, 0.2) is 11.6 Å². The summed E-state index contributed by atoms with van der Waals surface area (Å²) in [6.45, 7) is -1.16. The van der Waals surface area contributed by atoms with Crippen LogP contribution in [0.15, 0.2) is 30.3 Å². The van der Waals surface area contributed by atoms with Gasteiger partial charge in [-0.2, -0.15) is 17.6 Å². The highest BCUT2D eigenvalue weighted by Gasteiger charge is 2.50. The molecule has 16 heteroatoms. The number of nitrogens with one attached hydrogen (secondary N) is 2. The molecule has 0 unspecified atom stereocenters. The number of carbonyl (C=O) groups is 5. The summed E-state index contributed by atoms with van der Waals surface area (Å²) in [6, 6.07) is 5.79. The van der Waals surface area contributed by atoms with Crippen molar-refractivity contribution >= 4 is 29.2 Å². The predicted octanol–water partition coefficient (Wildman–Crippen LogP) is 2.56. The van der Waals surface area contributed by atoms with Crippen molar-refractivity contribution in [3.05, 3.63) is 35.9 Å². The molecule has 2 saturated heterocycles. The smallest absolute Gasteiger partial charge is 0.345 e. The largest absolute Gasteiger partial charge is 0.379 e. The van der Waals surface area contributed by atoms with Crippen LogP contribution in [0.4, 0.5) is 17.6 Å². The van der Waals surface area contributed by atoms with Crippen molar-refractivity contribution in [1.29, 1.82) is 0 Å². The second kappa shape index (κ2) is 19.9. The summed E-state index contributed by atoms with van der Waals surface area (Å²) in [4.78, 5) is 68.5. The van der Waals surface area contributed by atoms with Crippen LogP contribution in [0, 0.1) is 17.8 Å². The summed E-state index contributed by atoms with van der Waals surface area (Å²) in [7, 11) is 0. The number of ketones is 3. The fourth-order valence-corrected chi connectivity index (χ4v) is 5.64. The molecule has 3 rings (SSSR count). The maximum Gasteiger partial charge on any atom is 0.345 e. The minimum absolute atomic E-state index is 0.0309. The summed E-state index contributed by atoms with van der Waals surface area (Å²) in [5.41, 5.74) is -0.478. The number of morpholine rings is 1. The Hall–Kier alpha value is -3.31. The first kappa shape index (κ1) is 41.1. The summed E-state index contributed by atoms with van der Waals surface area (Å²) in [6.07, 6.45) is -0.737. The molecule has 2 N–H and O–H groups in total. The van der Waals surface area contributed by atoms with E-state index < -0.39 is 85.8 Å². The molecule has 2 aliphatic rings. The van der Waals surface area contributed by atoms with Gasteiger partial charge in [-0.1, -0.05) is 44.2 Å². The molecule has 0 radical (unpaired) electrons. The van der Waals surface area contributed by atoms with Crippen LogP contribution in [0.25, 0.3) is 0 Å². The van der Waals surface area contributed by atoms with Crippen LogP contribution in [-0.2, 0) is 49.3 Å². The number of alkyl halides is 4. The molecular formula is C34H47F4N3O9. The number of benzene rings is 1. The average Bonchev–Trinajstić information content (AvgIpc) is 3.82. The van der Waals surface area contributed by atoms with Gasteiger partial charge in [0.25, 0.3) is 0 Å². The summed E-state index contributed by atoms with van der Waals surface area (Å²) in [5.74, 6) is -6.00. The molecule has 0 spiro atoms. The lowest BCUT2D eigenvalue weighted by Gasteiger charge is -2.27. The van der Waals surface area contributed by atoms with Crippen molar-refractivity contribution in [2.45, 2.75) is 77.4 Å². The molecule has 0 bridgehead atoms. The molecule has 5 atom stereocenters. The van der Waals surface area contributed by atoms with Gasteiger partial charge in [0.05, 0.1) is 51.5 Å². The number of hydrogen-bond donors (Lipinski definition) is 2. The standard InChI is InChI=1S/C34H47F4N3O9/c1-21(2)13-23(15-25(42)17-41-9-11-47-12-10-41)30(45)40-27(19-49-33(37)38)28(43)16-24(18-48-32(35)36)31(46)39-26(29(44)34(3)20-50-34)14-22-7-5-4-6-8-22/h4-8,21,23-24,26-27,32-33H,9-20H2,1-3H3,(H,39,46)(H,40,45)/t23-,24+,26+,27+,34-/m1/s1. The topological polar surface area (TPSA) is 153 Å². The van der Waals surface area contributed by atoms with E-state index in [4.69, 9.17) is 9.47 Å². The van der Waals surface area contributed by atoms with Crippen LogP contribution in [0.2, 0.25) is 0 Å². The van der Waals surface area contributed by atoms with Gasteiger partial charge in [-0.25, -0.2) is 0 Å². The number of nitrogens with zero attached hydrogens (tertiary/aromatic N) is 1. The van der Waals surface area contributed by atoms with Gasteiger partial charge in [0.2, 0.25) is 11.8 Å². The number of carbonyl (C=O) groups excluding carboxylic acids is 5. The number of Topliss-reactive ketones (excluding diaryl/α,β-unsaturated/α-hetero) is 3. The maximum absolute atomic E-state index is 13.5. The third-order valence-electron chi connectivity index (χ3n) is 8.45. The Morgan fingerprint density at radius 2 is 1.44 bits per heavy atom. The normalized spacial score (nSPS) is 20.3. The van der Waals surface area contributed by atoms with Gasteiger partial charge in [-0.3, -0.25) is 28.9 Å². The Balaban J connectivity index is 1.76. The van der Waals surface area contributed by atoms with Crippen LogP contribution in [-0.4, -0.2) is 118 Å². The molecule has 0 saturated carbocycles. The molecule has 280 valence electrons. The lowest BCUT2D eigenvalue weighted by Crippen LogP contribution is -2.51. The molecule has 2 heterocycles. The number of epoxide rings is 1. The van der Waals surface area contributed by atoms with E-state index in [1.807, 2.05) is 18.7 Å². The molecule has 50 heavy (non-hydrogen) atoms. The molecule has 1 aromatic carbocycles. The highest BCUT2D eigenvalue weighted by atomic mass is 19.3. The van der Waals surface area contributed by atoms with Crippen LogP contribution in [0.5, 0.6) is 0 Å². The van der Waals surface area contributed by atoms with E-state index in [1.165, 1.54) is 0 Å². The zero-order valence-electron chi connectivity index (χ0n) is 28.5. The SMILES string of the molecule is CC(C)C[C@H](CC(=O)CN1CCOCC1)C(=O)N[C@@H](COC(F)F)C(=O)C[C@@H](COC(F)F)C(=O)N[C@@H](Cc1ccccc1)C(=O)[C@@]1(C)CO1. The van der Waals surface area contributed by atoms with Crippen molar-refractivity contribution in [3.63, 3.8) is 0 Å². The number of halogens is 4. The zero-order chi connectivity index (χ0) is 36.8. The van der Waals surface area contributed by atoms with Crippen molar-refractivity contribution in [1.82, 2.24) is 15.5 Å². The quantitative estimate of drug-likeness (QED) is 0.128. The first-order chi connectivity index (χ1) is 23.7. The minimum atomic E-state index is -3.32. The van der Waals surface area contributed by atoms with Crippen molar-refractivity contribution < 1.29 is 60.5 Å². The Morgan fingerprint density at radius 1 is 0.860 bits per heavy atom. The maximum atomic E-state index is 13.5. The highest BCUT2D eigenvalue weighted by Crippen LogP contribution is 2.29. The van der Waals surface area contributed by atoms with Crippen LogP contribution in [0.1, 0.15) is 45.6 Å². The molecule has 2 amide bonds. The lowest BCUT2D eigenvalue weighted by atomic mass is 9.90. The fourth-order valence-electron chi connectivity index (χ4n) is 5.64. The van der Waals surface area contributed by atoms with Gasteiger partial charge in [0, 0.05) is 31.8 Å². The molecule has 2 aliphatic heterocycles. The van der Waals surface area contributed by atoms with Gasteiger partial charge >= 0.3 is 13.2 Å². The average molecular weight is 718 g/mol. The third-order valence-corrected chi connectivity index (χ3v) is 8.45. The number of hydrogen-bond acceptors (Lipinski definition) is 10. The van der Waals surface area contributed by atoms with E-state index in [0.717, 1.165) is 0 Å². The Morgan fingerprint density at radius 3 is 2.02 bits per heavy atom. The van der Waals surface area contributed by atoms with Crippen LogP contribution >= 0.6 is 0 Å². The zero-order valence-corrected chi connectivity index (χ0v) is 28.5. The predicted molar refractivity (Wildman–Crippen MR) is 170 cm³/mol. The monoisotopic (exact) mass is 717 g/mol. The van der Waals surface area contributed by atoms with E-state index in [-0.39, 0.29) is 44.1 Å². The van der Waals surface area contributed by atoms with E-state index in [9.17, 15) is 41.5 Å². The summed E-state index contributed by atoms with van der Waals surface area (Å²) in [5, 5.41) is 4.92. The van der Waals surface area contributed by atoms with Gasteiger partial charge in [-0.05, 0) is 31.2 Å². The number of ether oxygens (including phenoxy) is 4. The van der Waals surface area contributed by atoms with Crippen LogP contribution < -0.4 is 10.6 Å². The molecule has 2 fully saturated rings. The van der Waals surface area contributed by atoms with Crippen molar-refractivity contribution in [2.75, 3.05) is 52.7 Å². The third kappa shape index (κ3) is 14.1. The summed E-state index contributed by atoms with van der Waals surface area (Å²) >= 11 is 0. The molecule has 0 aliphatic carbocycles. The first-order valence-electron chi connectivity index (χ1n) is 16.6. The molecule has 0 aromatic heterocycles. The van der Waals surface area contributed by atoms with Crippen molar-refractivity contribution in [2.24, 2.45) is 17.8 Å². The Kier molecular flexibility index (Phi) is 16.4. The Labute approximate surface area is 288 Å². The fraction of sp³-hybridized carbons (Fsp3) is 0.676. The van der Waals surface area contributed by atoms with Crippen LogP contribution in [0.3, 0.4) is 0 Å². The lowest BCUT2D eigenvalue weighted by molar-refractivity contribution is -0.156. The van der Waals surface area contributed by atoms with Gasteiger partial charge in [0.1, 0.15) is 17.4 Å². The van der Waals surface area contributed by atoms with Gasteiger partial charge in [-0.15, -0.1) is 0 Å². The second-order valence-electron chi connectivity index (χ2n) is 13.2.